The molecule has 2 unspecified atom stereocenters. The molecular formula is C20H27ClN2O2. The molecule has 0 aliphatic carbocycles. The van der Waals surface area contributed by atoms with E-state index in [0.29, 0.717) is 0 Å². The van der Waals surface area contributed by atoms with Gasteiger partial charge in [0, 0.05) is 24.2 Å². The number of hydrogen-bond acceptors (Lipinski definition) is 4. The lowest BCUT2D eigenvalue weighted by Crippen LogP contribution is -2.55. The SMILES string of the molecule is CCC1CN2CC[C@H]1C[C@@H]2[C@@H](O)c1ccnc2ccc(OC)cc12.Cl. The maximum Gasteiger partial charge on any atom is 0.119 e. The minimum Gasteiger partial charge on any atom is -0.497 e. The first-order chi connectivity index (χ1) is 11.7. The number of pyridine rings is 1. The third-order valence-corrected chi connectivity index (χ3v) is 6.13. The van der Waals surface area contributed by atoms with E-state index in [1.54, 1.807) is 13.3 Å². The smallest absolute Gasteiger partial charge is 0.119 e. The fourth-order valence-corrected chi connectivity index (χ4v) is 4.71. The third-order valence-electron chi connectivity index (χ3n) is 6.13. The van der Waals surface area contributed by atoms with Crippen LogP contribution >= 0.6 is 12.4 Å². The van der Waals surface area contributed by atoms with Gasteiger partial charge in [0.2, 0.25) is 0 Å². The minimum atomic E-state index is -0.469. The average molecular weight is 363 g/mol. The largest absolute Gasteiger partial charge is 0.497 e. The van der Waals surface area contributed by atoms with Gasteiger partial charge >= 0.3 is 0 Å². The van der Waals surface area contributed by atoms with Crippen LogP contribution in [0.15, 0.2) is 30.5 Å². The second kappa shape index (κ2) is 7.48. The van der Waals surface area contributed by atoms with Crippen molar-refractivity contribution in [2.24, 2.45) is 11.8 Å². The topological polar surface area (TPSA) is 45.6 Å². The molecule has 1 aromatic heterocycles. The predicted octanol–water partition coefficient (Wildman–Crippen LogP) is 3.82. The summed E-state index contributed by atoms with van der Waals surface area (Å²) in [4.78, 5) is 6.94. The zero-order chi connectivity index (χ0) is 16.7. The molecule has 4 heterocycles. The summed E-state index contributed by atoms with van der Waals surface area (Å²) < 4.78 is 5.36. The molecule has 136 valence electrons. The number of nitrogens with zero attached hydrogens (tertiary/aromatic N) is 2. The predicted molar refractivity (Wildman–Crippen MR) is 102 cm³/mol. The Kier molecular flexibility index (Phi) is 5.52. The standard InChI is InChI=1S/C20H26N2O2.ClH/c1-3-13-12-22-9-7-14(13)10-19(22)20(23)16-6-8-21-18-5-4-15(24-2)11-17(16)18;/h4-6,8,11,13-14,19-20,23H,3,7,9-10,12H2,1-2H3;1H/t13?,14-,19+,20-;/m0./s1. The molecule has 3 saturated heterocycles. The highest BCUT2D eigenvalue weighted by Gasteiger charge is 2.42. The lowest BCUT2D eigenvalue weighted by Gasteiger charge is -2.51. The number of piperidine rings is 3. The van der Waals surface area contributed by atoms with Gasteiger partial charge in [-0.15, -0.1) is 12.4 Å². The number of aliphatic hydroxyl groups excluding tert-OH is 1. The van der Waals surface area contributed by atoms with Gasteiger partial charge in [0.1, 0.15) is 5.75 Å². The van der Waals surface area contributed by atoms with Crippen molar-refractivity contribution in [1.29, 1.82) is 0 Å². The third kappa shape index (κ3) is 3.23. The summed E-state index contributed by atoms with van der Waals surface area (Å²) in [6.07, 6.45) is 4.97. The van der Waals surface area contributed by atoms with E-state index in [0.717, 1.165) is 53.6 Å². The average Bonchev–Trinajstić information content (AvgIpc) is 2.66. The maximum absolute atomic E-state index is 11.2. The normalized spacial score (nSPS) is 29.2. The molecule has 1 N–H and O–H groups in total. The fraction of sp³-hybridized carbons (Fsp3) is 0.550. The molecule has 3 fully saturated rings. The van der Waals surface area contributed by atoms with Crippen LogP contribution in [0.4, 0.5) is 0 Å². The van der Waals surface area contributed by atoms with E-state index in [2.05, 4.69) is 16.8 Å². The Bertz CT molecular complexity index is 739. The molecule has 5 rings (SSSR count). The summed E-state index contributed by atoms with van der Waals surface area (Å²) in [5.41, 5.74) is 1.89. The van der Waals surface area contributed by atoms with E-state index in [1.165, 1.54) is 12.8 Å². The Balaban J connectivity index is 0.00000182. The summed E-state index contributed by atoms with van der Waals surface area (Å²) >= 11 is 0. The lowest BCUT2D eigenvalue weighted by molar-refractivity contribution is -0.0562. The van der Waals surface area contributed by atoms with Crippen LogP contribution in [-0.2, 0) is 0 Å². The maximum atomic E-state index is 11.2. The van der Waals surface area contributed by atoms with E-state index >= 15 is 0 Å². The van der Waals surface area contributed by atoms with E-state index in [9.17, 15) is 5.11 Å². The van der Waals surface area contributed by atoms with Gasteiger partial charge in [0.25, 0.3) is 0 Å². The van der Waals surface area contributed by atoms with Crippen molar-refractivity contribution < 1.29 is 9.84 Å². The van der Waals surface area contributed by atoms with Crippen LogP contribution in [0.3, 0.4) is 0 Å². The number of rotatable bonds is 4. The first kappa shape index (κ1) is 18.4. The Morgan fingerprint density at radius 1 is 1.36 bits per heavy atom. The highest BCUT2D eigenvalue weighted by molar-refractivity contribution is 5.85. The Hall–Kier alpha value is -1.36. The molecule has 0 saturated carbocycles. The van der Waals surface area contributed by atoms with Gasteiger partial charge in [-0.3, -0.25) is 9.88 Å². The van der Waals surface area contributed by atoms with Crippen LogP contribution in [0.5, 0.6) is 5.75 Å². The van der Waals surface area contributed by atoms with Crippen molar-refractivity contribution in [3.63, 3.8) is 0 Å². The molecule has 1 aromatic carbocycles. The second-order valence-electron chi connectivity index (χ2n) is 7.24. The summed E-state index contributed by atoms with van der Waals surface area (Å²) in [7, 11) is 1.67. The molecule has 3 aliphatic rings. The summed E-state index contributed by atoms with van der Waals surface area (Å²) in [6, 6.07) is 8.07. The first-order valence-electron chi connectivity index (χ1n) is 9.06. The molecule has 2 aromatic rings. The van der Waals surface area contributed by atoms with Crippen LogP contribution in [0.1, 0.15) is 37.9 Å². The van der Waals surface area contributed by atoms with Crippen molar-refractivity contribution in [3.05, 3.63) is 36.0 Å². The van der Waals surface area contributed by atoms with Crippen molar-refractivity contribution in [2.75, 3.05) is 20.2 Å². The van der Waals surface area contributed by atoms with Gasteiger partial charge in [-0.25, -0.2) is 0 Å². The molecular weight excluding hydrogens is 336 g/mol. The number of halogens is 1. The summed E-state index contributed by atoms with van der Waals surface area (Å²) in [6.45, 7) is 4.55. The molecule has 5 atom stereocenters. The van der Waals surface area contributed by atoms with E-state index < -0.39 is 6.10 Å². The van der Waals surface area contributed by atoms with Crippen molar-refractivity contribution >= 4 is 23.3 Å². The number of methoxy groups -OCH3 is 1. The fourth-order valence-electron chi connectivity index (χ4n) is 4.71. The van der Waals surface area contributed by atoms with Gasteiger partial charge in [-0.05, 0) is 61.1 Å². The quantitative estimate of drug-likeness (QED) is 0.898. The van der Waals surface area contributed by atoms with Gasteiger partial charge in [0.05, 0.1) is 18.7 Å². The van der Waals surface area contributed by atoms with Crippen LogP contribution in [0.2, 0.25) is 0 Å². The van der Waals surface area contributed by atoms with Crippen molar-refractivity contribution in [2.45, 2.75) is 38.3 Å². The highest BCUT2D eigenvalue weighted by atomic mass is 35.5. The molecule has 2 bridgehead atoms. The number of benzene rings is 1. The number of hydrogen-bond donors (Lipinski definition) is 1. The molecule has 0 spiro atoms. The Morgan fingerprint density at radius 3 is 2.88 bits per heavy atom. The first-order valence-corrected chi connectivity index (χ1v) is 9.06. The molecule has 0 amide bonds. The van der Waals surface area contributed by atoms with E-state index in [-0.39, 0.29) is 18.4 Å². The number of aromatic nitrogens is 1. The number of fused-ring (bicyclic) bond motifs is 4. The highest BCUT2D eigenvalue weighted by Crippen LogP contribution is 2.42. The summed E-state index contributed by atoms with van der Waals surface area (Å²) in [5.74, 6) is 2.37. The molecule has 4 nitrogen and oxygen atoms in total. The number of aliphatic hydroxyl groups is 1. The van der Waals surface area contributed by atoms with E-state index in [1.807, 2.05) is 24.3 Å². The Labute approximate surface area is 155 Å². The zero-order valence-electron chi connectivity index (χ0n) is 14.9. The van der Waals surface area contributed by atoms with Crippen molar-refractivity contribution in [3.8, 4) is 5.75 Å². The van der Waals surface area contributed by atoms with Gasteiger partial charge in [0.15, 0.2) is 0 Å². The molecule has 3 aliphatic heterocycles. The van der Waals surface area contributed by atoms with Gasteiger partial charge in [-0.2, -0.15) is 0 Å². The van der Waals surface area contributed by atoms with E-state index in [4.69, 9.17) is 4.74 Å². The van der Waals surface area contributed by atoms with Crippen LogP contribution in [0, 0.1) is 11.8 Å². The Morgan fingerprint density at radius 2 is 2.20 bits per heavy atom. The molecule has 25 heavy (non-hydrogen) atoms. The second-order valence-corrected chi connectivity index (χ2v) is 7.24. The minimum absolute atomic E-state index is 0. The van der Waals surface area contributed by atoms with Crippen LogP contribution < -0.4 is 4.74 Å². The van der Waals surface area contributed by atoms with Crippen molar-refractivity contribution in [1.82, 2.24) is 9.88 Å². The lowest BCUT2D eigenvalue weighted by atomic mass is 9.72. The zero-order valence-corrected chi connectivity index (χ0v) is 15.7. The monoisotopic (exact) mass is 362 g/mol. The number of ether oxygens (including phenoxy) is 1. The van der Waals surface area contributed by atoms with Gasteiger partial charge in [-0.1, -0.05) is 13.3 Å². The molecule has 5 heteroatoms. The van der Waals surface area contributed by atoms with Gasteiger partial charge < -0.3 is 9.84 Å². The summed E-state index contributed by atoms with van der Waals surface area (Å²) in [5, 5.41) is 12.2. The molecule has 0 radical (unpaired) electrons. The van der Waals surface area contributed by atoms with Crippen LogP contribution in [-0.4, -0.2) is 41.2 Å². The van der Waals surface area contributed by atoms with Crippen LogP contribution in [0.25, 0.3) is 10.9 Å².